The van der Waals surface area contributed by atoms with Crippen molar-refractivity contribution in [3.8, 4) is 0 Å². The zero-order chi connectivity index (χ0) is 15.7. The van der Waals surface area contributed by atoms with Gasteiger partial charge in [0.15, 0.2) is 0 Å². The molecule has 1 N–H and O–H groups in total. The third kappa shape index (κ3) is 3.53. The highest BCUT2D eigenvalue weighted by molar-refractivity contribution is 5.85. The number of piperidine rings is 1. The van der Waals surface area contributed by atoms with Crippen molar-refractivity contribution in [1.29, 1.82) is 0 Å². The molecule has 6 heteroatoms. The molecule has 2 bridgehead atoms. The van der Waals surface area contributed by atoms with Crippen LogP contribution in [0.1, 0.15) is 37.2 Å². The number of carbonyl (C=O) groups excluding carboxylic acids is 1. The fourth-order valence-electron chi connectivity index (χ4n) is 3.90. The van der Waals surface area contributed by atoms with Gasteiger partial charge in [-0.05, 0) is 5.56 Å². The standard InChI is InChI=1S/C17H23NO4.ClH/c1-18(21)13-7-8-14(18)10-15(9-13)22-17(20)16(11-19)12-5-3-2-4-6-12;/h2-6,13-16,19H,7-11H2,1H3;1H/t13-,14+,15?,16-,18?;/m1./s1. The predicted molar refractivity (Wildman–Crippen MR) is 89.0 cm³/mol. The maximum atomic E-state index is 12.4. The summed E-state index contributed by atoms with van der Waals surface area (Å²) in [5.41, 5.74) is 0.762. The minimum atomic E-state index is -0.645. The third-order valence-corrected chi connectivity index (χ3v) is 5.30. The van der Waals surface area contributed by atoms with Crippen LogP contribution in [-0.2, 0) is 9.53 Å². The first kappa shape index (κ1) is 18.2. The number of fused-ring (bicyclic) bond motifs is 2. The number of rotatable bonds is 4. The average Bonchev–Trinajstić information content (AvgIpc) is 2.68. The molecule has 0 aliphatic carbocycles. The van der Waals surface area contributed by atoms with Crippen LogP contribution in [0.3, 0.4) is 0 Å². The molecule has 1 aromatic carbocycles. The molecule has 23 heavy (non-hydrogen) atoms. The largest absolute Gasteiger partial charge is 0.633 e. The number of carbonyl (C=O) groups is 1. The van der Waals surface area contributed by atoms with Crippen molar-refractivity contribution in [3.63, 3.8) is 0 Å². The van der Waals surface area contributed by atoms with Gasteiger partial charge in [0, 0.05) is 25.7 Å². The smallest absolute Gasteiger partial charge is 0.316 e. The monoisotopic (exact) mass is 341 g/mol. The zero-order valence-electron chi connectivity index (χ0n) is 13.3. The highest BCUT2D eigenvalue weighted by Gasteiger charge is 2.48. The summed E-state index contributed by atoms with van der Waals surface area (Å²) in [4.78, 5) is 12.4. The van der Waals surface area contributed by atoms with Gasteiger partial charge in [-0.1, -0.05) is 30.3 Å². The van der Waals surface area contributed by atoms with Crippen LogP contribution in [0.5, 0.6) is 0 Å². The lowest BCUT2D eigenvalue weighted by Crippen LogP contribution is -2.55. The van der Waals surface area contributed by atoms with E-state index in [1.54, 1.807) is 7.05 Å². The second-order valence-corrected chi connectivity index (χ2v) is 6.62. The number of aliphatic hydroxyl groups is 1. The number of hydroxylamine groups is 3. The summed E-state index contributed by atoms with van der Waals surface area (Å²) in [6.45, 7) is -0.266. The van der Waals surface area contributed by atoms with Crippen LogP contribution in [0.25, 0.3) is 0 Å². The summed E-state index contributed by atoms with van der Waals surface area (Å²) < 4.78 is 5.44. The quantitative estimate of drug-likeness (QED) is 0.518. The Morgan fingerprint density at radius 3 is 2.39 bits per heavy atom. The minimum Gasteiger partial charge on any atom is -0.633 e. The van der Waals surface area contributed by atoms with Crippen molar-refractivity contribution in [2.75, 3.05) is 13.7 Å². The number of hydrogen-bond donors (Lipinski definition) is 1. The van der Waals surface area contributed by atoms with Gasteiger partial charge in [0.05, 0.1) is 25.7 Å². The fraction of sp³-hybridized carbons (Fsp3) is 0.588. The van der Waals surface area contributed by atoms with Gasteiger partial charge in [-0.15, -0.1) is 12.4 Å². The molecule has 0 spiro atoms. The number of aliphatic hydroxyl groups excluding tert-OH is 1. The molecular formula is C17H24ClNO4. The molecule has 0 saturated carbocycles. The highest BCUT2D eigenvalue weighted by Crippen LogP contribution is 2.41. The molecule has 0 amide bonds. The molecule has 2 fully saturated rings. The van der Waals surface area contributed by atoms with Crippen LogP contribution >= 0.6 is 12.4 Å². The number of nitrogens with zero attached hydrogens (tertiary/aromatic N) is 1. The normalized spacial score (nSPS) is 33.6. The molecule has 2 saturated heterocycles. The summed E-state index contributed by atoms with van der Waals surface area (Å²) in [5, 5.41) is 22.0. The van der Waals surface area contributed by atoms with Crippen LogP contribution < -0.4 is 0 Å². The lowest BCUT2D eigenvalue weighted by molar-refractivity contribution is -0.903. The first-order chi connectivity index (χ1) is 10.5. The molecule has 3 rings (SSSR count). The van der Waals surface area contributed by atoms with E-state index in [2.05, 4.69) is 0 Å². The van der Waals surface area contributed by atoms with Gasteiger partial charge < -0.3 is 19.7 Å². The zero-order valence-corrected chi connectivity index (χ0v) is 14.1. The predicted octanol–water partition coefficient (Wildman–Crippen LogP) is 2.37. The van der Waals surface area contributed by atoms with Gasteiger partial charge in [-0.3, -0.25) is 4.79 Å². The van der Waals surface area contributed by atoms with Crippen LogP contribution in [0.15, 0.2) is 30.3 Å². The van der Waals surface area contributed by atoms with Crippen molar-refractivity contribution in [2.24, 2.45) is 0 Å². The minimum absolute atomic E-state index is 0. The average molecular weight is 342 g/mol. The van der Waals surface area contributed by atoms with Crippen molar-refractivity contribution < 1.29 is 19.3 Å². The lowest BCUT2D eigenvalue weighted by atomic mass is 9.98. The van der Waals surface area contributed by atoms with Gasteiger partial charge in [-0.25, -0.2) is 0 Å². The van der Waals surface area contributed by atoms with E-state index in [0.29, 0.717) is 12.8 Å². The molecular weight excluding hydrogens is 318 g/mol. The fourth-order valence-corrected chi connectivity index (χ4v) is 3.90. The Morgan fingerprint density at radius 2 is 1.87 bits per heavy atom. The lowest BCUT2D eigenvalue weighted by Gasteiger charge is -2.50. The SMILES string of the molecule is C[N+]1([O-])[C@@H]2CC[C@H]1CC(OC(=O)[C@H](CO)c1ccccc1)C2.Cl. The summed E-state index contributed by atoms with van der Waals surface area (Å²) in [5.74, 6) is -1.03. The molecule has 1 aromatic rings. The van der Waals surface area contributed by atoms with E-state index in [0.717, 1.165) is 18.4 Å². The topological polar surface area (TPSA) is 69.6 Å². The number of benzene rings is 1. The summed E-state index contributed by atoms with van der Waals surface area (Å²) >= 11 is 0. The Kier molecular flexibility index (Phi) is 5.68. The summed E-state index contributed by atoms with van der Waals surface area (Å²) in [6, 6.07) is 9.27. The van der Waals surface area contributed by atoms with E-state index in [4.69, 9.17) is 4.74 Å². The van der Waals surface area contributed by atoms with Crippen LogP contribution in [0, 0.1) is 5.21 Å². The molecule has 5 nitrogen and oxygen atoms in total. The third-order valence-electron chi connectivity index (χ3n) is 5.30. The number of ether oxygens (including phenoxy) is 1. The van der Waals surface area contributed by atoms with Crippen LogP contribution in [0.2, 0.25) is 0 Å². The van der Waals surface area contributed by atoms with E-state index in [9.17, 15) is 15.1 Å². The van der Waals surface area contributed by atoms with Crippen molar-refractivity contribution in [1.82, 2.24) is 0 Å². The van der Waals surface area contributed by atoms with Crippen molar-refractivity contribution in [3.05, 3.63) is 41.1 Å². The Morgan fingerprint density at radius 1 is 1.30 bits per heavy atom. The molecule has 2 aliphatic rings. The number of halogens is 1. The van der Waals surface area contributed by atoms with Crippen LogP contribution in [0.4, 0.5) is 0 Å². The second-order valence-electron chi connectivity index (χ2n) is 6.62. The van der Waals surface area contributed by atoms with E-state index in [1.165, 1.54) is 0 Å². The van der Waals surface area contributed by atoms with Crippen molar-refractivity contribution in [2.45, 2.75) is 49.8 Å². The molecule has 2 heterocycles. The molecule has 128 valence electrons. The molecule has 5 atom stereocenters. The first-order valence-corrected chi connectivity index (χ1v) is 7.95. The Bertz CT molecular complexity index is 521. The van der Waals surface area contributed by atoms with E-state index in [-0.39, 0.29) is 47.8 Å². The highest BCUT2D eigenvalue weighted by atomic mass is 35.5. The molecule has 2 unspecified atom stereocenters. The number of hydrogen-bond acceptors (Lipinski definition) is 4. The van der Waals surface area contributed by atoms with E-state index in [1.807, 2.05) is 30.3 Å². The maximum absolute atomic E-state index is 12.4. The Hall–Kier alpha value is -1.14. The maximum Gasteiger partial charge on any atom is 0.316 e. The summed E-state index contributed by atoms with van der Waals surface area (Å²) in [7, 11) is 1.74. The molecule has 0 aromatic heterocycles. The van der Waals surface area contributed by atoms with Gasteiger partial charge in [0.25, 0.3) is 0 Å². The van der Waals surface area contributed by atoms with Gasteiger partial charge in [0.2, 0.25) is 0 Å². The molecule has 2 aliphatic heterocycles. The van der Waals surface area contributed by atoms with Gasteiger partial charge in [0.1, 0.15) is 12.0 Å². The van der Waals surface area contributed by atoms with Crippen LogP contribution in [-0.4, -0.2) is 47.6 Å². The van der Waals surface area contributed by atoms with Gasteiger partial charge in [-0.2, -0.15) is 0 Å². The van der Waals surface area contributed by atoms with Crippen molar-refractivity contribution >= 4 is 18.4 Å². The van der Waals surface area contributed by atoms with E-state index < -0.39 is 5.92 Å². The molecule has 0 radical (unpaired) electrons. The Balaban J connectivity index is 0.00000192. The van der Waals surface area contributed by atoms with E-state index >= 15 is 0 Å². The Labute approximate surface area is 142 Å². The first-order valence-electron chi connectivity index (χ1n) is 7.95. The number of esters is 1. The van der Waals surface area contributed by atoms with Gasteiger partial charge >= 0.3 is 5.97 Å². The number of quaternary nitrogens is 1. The summed E-state index contributed by atoms with van der Waals surface area (Å²) in [6.07, 6.45) is 2.91. The second kappa shape index (κ2) is 7.18.